The van der Waals surface area contributed by atoms with E-state index in [-0.39, 0.29) is 31.8 Å². The molecule has 1 aromatic carbocycles. The molecule has 4 heterocycles. The van der Waals surface area contributed by atoms with Gasteiger partial charge < -0.3 is 30.3 Å². The monoisotopic (exact) mass is 853 g/mol. The van der Waals surface area contributed by atoms with Gasteiger partial charge in [0.05, 0.1) is 17.5 Å². The fourth-order valence-electron chi connectivity index (χ4n) is 7.92. The molecular weight excluding hydrogens is 799 g/mol. The van der Waals surface area contributed by atoms with E-state index in [1.165, 1.54) is 16.2 Å². The zero-order valence-electron chi connectivity index (χ0n) is 34.2. The maximum atomic E-state index is 14.5. The van der Waals surface area contributed by atoms with Gasteiger partial charge in [-0.2, -0.15) is 0 Å². The maximum Gasteiger partial charge on any atom is 0.410 e. The van der Waals surface area contributed by atoms with Crippen LogP contribution in [0, 0.1) is 5.92 Å². The summed E-state index contributed by atoms with van der Waals surface area (Å²) in [6.07, 6.45) is 5.52. The summed E-state index contributed by atoms with van der Waals surface area (Å²) in [5.41, 5.74) is 1.30. The number of carbonyl (C=O) groups excluding carboxylic acids is 5. The fraction of sp³-hybridized carbons (Fsp3) is 0.610. The molecule has 1 aromatic heterocycles. The lowest BCUT2D eigenvalue weighted by Crippen LogP contribution is -2.58. The van der Waals surface area contributed by atoms with Crippen LogP contribution in [-0.2, 0) is 47.0 Å². The van der Waals surface area contributed by atoms with Gasteiger partial charge >= 0.3 is 12.2 Å². The number of nitrogens with one attached hydrogen (secondary N) is 4. The van der Waals surface area contributed by atoms with E-state index >= 15 is 0 Å². The minimum atomic E-state index is -3.92. The fourth-order valence-corrected chi connectivity index (χ4v) is 10.1. The van der Waals surface area contributed by atoms with Gasteiger partial charge in [0, 0.05) is 42.4 Å². The molecule has 0 spiro atoms. The number of thiazole rings is 1. The van der Waals surface area contributed by atoms with Crippen molar-refractivity contribution in [2.75, 3.05) is 11.9 Å². The summed E-state index contributed by atoms with van der Waals surface area (Å²) in [5.74, 6) is -2.52. The molecule has 2 saturated carbocycles. The van der Waals surface area contributed by atoms with Crippen LogP contribution in [0.25, 0.3) is 11.3 Å². The number of fused-ring (bicyclic) bond motifs is 3. The van der Waals surface area contributed by atoms with Crippen LogP contribution in [0.1, 0.15) is 104 Å². The summed E-state index contributed by atoms with van der Waals surface area (Å²) >= 11 is 1.52. The molecule has 5 amide bonds. The lowest BCUT2D eigenvalue weighted by atomic mass is 10.0. The van der Waals surface area contributed by atoms with E-state index in [9.17, 15) is 32.4 Å². The Morgan fingerprint density at radius 2 is 1.81 bits per heavy atom. The average Bonchev–Trinajstić information content (AvgIpc) is 3.96. The molecule has 0 bridgehead atoms. The smallest absolute Gasteiger partial charge is 0.410 e. The molecule has 16 nitrogen and oxygen atoms in total. The Balaban J connectivity index is 1.10. The van der Waals surface area contributed by atoms with Crippen LogP contribution in [-0.4, -0.2) is 100 Å². The normalized spacial score (nSPS) is 26.1. The highest BCUT2D eigenvalue weighted by molar-refractivity contribution is 7.91. The molecular formula is C41H55N7O9S2. The lowest BCUT2D eigenvalue weighted by Gasteiger charge is -2.30. The maximum absolute atomic E-state index is 14.5. The standard InChI is InChI=1S/C41H55N7O9S2/c1-24(2)42-37-43-32(23-58-37)25-13-14-26-20-47(21-27(26)17-25)39(53)56-29-18-33-34(49)45-41(36(51)46-59(54,55)30-15-16-30)19-28(41)11-9-7-6-8-10-12-31(35(50)48(33)22-29)44-38(52)57-40(3,4)5/h9,11,13-14,17,23-24,28-31,33H,6-8,10,12,15-16,18-22H2,1-5H3,(H,42,43)(H,44,52)(H,45,49)(H,46,51)/t28-,29-,31+,33+,41-/m1/s1. The highest BCUT2D eigenvalue weighted by Crippen LogP contribution is 2.46. The number of sulfonamides is 1. The van der Waals surface area contributed by atoms with Crippen molar-refractivity contribution in [2.24, 2.45) is 5.92 Å². The molecule has 320 valence electrons. The third-order valence-electron chi connectivity index (χ3n) is 11.2. The molecule has 18 heteroatoms. The number of alkyl carbamates (subject to hydrolysis) is 1. The predicted octanol–water partition coefficient (Wildman–Crippen LogP) is 4.95. The third-order valence-corrected chi connectivity index (χ3v) is 13.8. The summed E-state index contributed by atoms with van der Waals surface area (Å²) in [4.78, 5) is 76.9. The molecule has 5 aliphatic rings. The number of hydrogen-bond donors (Lipinski definition) is 4. The zero-order chi connectivity index (χ0) is 42.3. The van der Waals surface area contributed by atoms with E-state index in [4.69, 9.17) is 14.5 Å². The van der Waals surface area contributed by atoms with E-state index in [2.05, 4.69) is 20.7 Å². The van der Waals surface area contributed by atoms with Crippen molar-refractivity contribution in [3.63, 3.8) is 0 Å². The summed E-state index contributed by atoms with van der Waals surface area (Å²) in [7, 11) is -3.92. The second-order valence-electron chi connectivity index (χ2n) is 17.6. The molecule has 4 N–H and O–H groups in total. The SMILES string of the molecule is CC(C)Nc1nc(-c2ccc3c(c2)CN(C(=O)O[C@@H]2C[C@H]4C(=O)N[C@]5(C(=O)NS(=O)(=O)C6CC6)C[C@H]5C=CCCCCC[C@H](NC(=O)OC(C)(C)C)C(=O)N4C2)C3)cs1. The molecule has 7 rings (SSSR count). The molecule has 59 heavy (non-hydrogen) atoms. The first kappa shape index (κ1) is 42.4. The van der Waals surface area contributed by atoms with E-state index in [0.717, 1.165) is 40.4 Å². The van der Waals surface area contributed by atoms with Crippen LogP contribution in [0.2, 0.25) is 0 Å². The van der Waals surface area contributed by atoms with Gasteiger partial charge in [-0.3, -0.25) is 24.0 Å². The van der Waals surface area contributed by atoms with Crippen LogP contribution in [0.3, 0.4) is 0 Å². The van der Waals surface area contributed by atoms with Crippen LogP contribution >= 0.6 is 11.3 Å². The summed E-state index contributed by atoms with van der Waals surface area (Å²) in [6, 6.07) is 3.97. The molecule has 5 atom stereocenters. The van der Waals surface area contributed by atoms with E-state index in [1.807, 2.05) is 49.6 Å². The van der Waals surface area contributed by atoms with Gasteiger partial charge in [-0.15, -0.1) is 11.3 Å². The molecule has 1 saturated heterocycles. The van der Waals surface area contributed by atoms with Crippen molar-refractivity contribution < 1.29 is 41.9 Å². The zero-order valence-corrected chi connectivity index (χ0v) is 35.9. The first-order chi connectivity index (χ1) is 27.9. The van der Waals surface area contributed by atoms with Crippen LogP contribution < -0.4 is 20.7 Å². The molecule has 2 aromatic rings. The average molecular weight is 854 g/mol. The van der Waals surface area contributed by atoms with Crippen molar-refractivity contribution in [1.82, 2.24) is 30.1 Å². The molecule has 0 radical (unpaired) electrons. The van der Waals surface area contributed by atoms with E-state index in [1.54, 1.807) is 25.7 Å². The van der Waals surface area contributed by atoms with E-state index in [0.29, 0.717) is 38.8 Å². The number of aromatic nitrogens is 1. The Kier molecular flexibility index (Phi) is 12.0. The number of benzene rings is 1. The third kappa shape index (κ3) is 10.0. The van der Waals surface area contributed by atoms with Gasteiger partial charge in [-0.1, -0.05) is 37.1 Å². The molecule has 2 aliphatic carbocycles. The van der Waals surface area contributed by atoms with Crippen LogP contribution in [0.4, 0.5) is 14.7 Å². The number of hydrogen-bond acceptors (Lipinski definition) is 12. The minimum Gasteiger partial charge on any atom is -0.444 e. The second-order valence-corrected chi connectivity index (χ2v) is 20.5. The Hall–Kier alpha value is -4.71. The van der Waals surface area contributed by atoms with Gasteiger partial charge in [0.1, 0.15) is 29.3 Å². The Labute approximate surface area is 349 Å². The molecule has 3 aliphatic heterocycles. The van der Waals surface area contributed by atoms with Gasteiger partial charge in [0.15, 0.2) is 5.13 Å². The second kappa shape index (κ2) is 16.7. The first-order valence-electron chi connectivity index (χ1n) is 20.6. The van der Waals surface area contributed by atoms with Crippen molar-refractivity contribution >= 4 is 56.4 Å². The summed E-state index contributed by atoms with van der Waals surface area (Å²) in [6.45, 7) is 9.70. The minimum absolute atomic E-state index is 0.0808. The Morgan fingerprint density at radius 1 is 1.05 bits per heavy atom. The topological polar surface area (TPSA) is 205 Å². The summed E-state index contributed by atoms with van der Waals surface area (Å²) in [5, 5.41) is 11.0. The van der Waals surface area contributed by atoms with Crippen molar-refractivity contribution in [3.05, 3.63) is 46.9 Å². The van der Waals surface area contributed by atoms with Crippen molar-refractivity contribution in [3.8, 4) is 11.3 Å². The number of anilines is 1. The quantitative estimate of drug-likeness (QED) is 0.262. The molecule has 3 fully saturated rings. The van der Waals surface area contributed by atoms with E-state index < -0.39 is 80.4 Å². The number of allylic oxidation sites excluding steroid dienone is 1. The largest absolute Gasteiger partial charge is 0.444 e. The van der Waals surface area contributed by atoms with Crippen LogP contribution in [0.5, 0.6) is 0 Å². The van der Waals surface area contributed by atoms with Gasteiger partial charge in [-0.25, -0.2) is 23.0 Å². The first-order valence-corrected chi connectivity index (χ1v) is 23.0. The predicted molar refractivity (Wildman–Crippen MR) is 220 cm³/mol. The molecule has 0 unspecified atom stereocenters. The highest BCUT2D eigenvalue weighted by Gasteiger charge is 2.62. The summed E-state index contributed by atoms with van der Waals surface area (Å²) < 4.78 is 39.4. The number of nitrogens with zero attached hydrogens (tertiary/aromatic N) is 3. The number of amides is 5. The lowest BCUT2D eigenvalue weighted by molar-refractivity contribution is -0.141. The number of carbonyl (C=O) groups is 5. The Morgan fingerprint density at radius 3 is 2.54 bits per heavy atom. The van der Waals surface area contributed by atoms with Crippen LogP contribution in [0.15, 0.2) is 35.7 Å². The van der Waals surface area contributed by atoms with Crippen molar-refractivity contribution in [2.45, 2.75) is 146 Å². The van der Waals surface area contributed by atoms with Gasteiger partial charge in [-0.05, 0) is 90.3 Å². The number of ether oxygens (including phenoxy) is 2. The van der Waals surface area contributed by atoms with Gasteiger partial charge in [0.25, 0.3) is 5.91 Å². The van der Waals surface area contributed by atoms with Crippen molar-refractivity contribution in [1.29, 1.82) is 0 Å². The number of rotatable bonds is 8. The highest BCUT2D eigenvalue weighted by atomic mass is 32.2. The van der Waals surface area contributed by atoms with Gasteiger partial charge in [0.2, 0.25) is 21.8 Å². The Bertz CT molecular complexity index is 2110.